The molecule has 154 valence electrons. The van der Waals surface area contributed by atoms with Crippen molar-refractivity contribution in [2.24, 2.45) is 22.4 Å². The molecule has 0 radical (unpaired) electrons. The summed E-state index contributed by atoms with van der Waals surface area (Å²) in [5.41, 5.74) is -3.42. The molecule has 1 aromatic rings. The van der Waals surface area contributed by atoms with E-state index in [9.17, 15) is 28.2 Å². The van der Waals surface area contributed by atoms with E-state index in [2.05, 4.69) is 5.10 Å². The summed E-state index contributed by atoms with van der Waals surface area (Å²) in [5.74, 6) is -2.46. The second kappa shape index (κ2) is 6.76. The van der Waals surface area contributed by atoms with Gasteiger partial charge in [0, 0.05) is 11.3 Å². The number of hydrogen-bond acceptors (Lipinski definition) is 4. The molecule has 5 nitrogen and oxygen atoms in total. The number of carbonyl (C=O) groups excluding carboxylic acids is 1. The van der Waals surface area contributed by atoms with Crippen molar-refractivity contribution < 1.29 is 28.2 Å². The molecule has 3 rings (SSSR count). The van der Waals surface area contributed by atoms with Crippen LogP contribution in [0, 0.1) is 17.3 Å². The summed E-state index contributed by atoms with van der Waals surface area (Å²) >= 11 is 0. The highest BCUT2D eigenvalue weighted by Crippen LogP contribution is 2.52. The molecular formula is C20H25F3N2O3. The van der Waals surface area contributed by atoms with Gasteiger partial charge in [-0.25, -0.2) is 0 Å². The summed E-state index contributed by atoms with van der Waals surface area (Å²) in [5, 5.41) is 24.3. The molecule has 1 heterocycles. The Hall–Kier alpha value is -2.09. The minimum Gasteiger partial charge on any atom is -0.508 e. The highest BCUT2D eigenvalue weighted by Gasteiger charge is 2.69. The summed E-state index contributed by atoms with van der Waals surface area (Å²) in [4.78, 5) is 12.8. The van der Waals surface area contributed by atoms with Crippen molar-refractivity contribution in [3.05, 3.63) is 29.8 Å². The molecule has 1 aliphatic carbocycles. The Balaban J connectivity index is 2.00. The molecule has 0 saturated heterocycles. The molecule has 0 spiro atoms. The number of aromatic hydroxyl groups is 1. The zero-order valence-corrected chi connectivity index (χ0v) is 16.1. The van der Waals surface area contributed by atoms with Gasteiger partial charge in [0.2, 0.25) is 0 Å². The molecule has 2 N–H and O–H groups in total. The van der Waals surface area contributed by atoms with Crippen LogP contribution in [0.15, 0.2) is 29.4 Å². The molecule has 2 aliphatic rings. The number of alkyl halides is 3. The van der Waals surface area contributed by atoms with Crippen LogP contribution in [-0.2, 0) is 0 Å². The normalized spacial score (nSPS) is 28.1. The van der Waals surface area contributed by atoms with Crippen LogP contribution in [0.3, 0.4) is 0 Å². The summed E-state index contributed by atoms with van der Waals surface area (Å²) in [6.07, 6.45) is -3.15. The number of amides is 1. The second-order valence-electron chi connectivity index (χ2n) is 8.35. The topological polar surface area (TPSA) is 73.1 Å². The van der Waals surface area contributed by atoms with Crippen LogP contribution < -0.4 is 0 Å². The van der Waals surface area contributed by atoms with E-state index in [4.69, 9.17) is 0 Å². The predicted octanol–water partition coefficient (Wildman–Crippen LogP) is 4.31. The quantitative estimate of drug-likeness (QED) is 0.797. The lowest BCUT2D eigenvalue weighted by molar-refractivity contribution is -0.314. The van der Waals surface area contributed by atoms with E-state index in [1.165, 1.54) is 24.3 Å². The van der Waals surface area contributed by atoms with Gasteiger partial charge in [-0.2, -0.15) is 23.3 Å². The maximum atomic E-state index is 14.1. The van der Waals surface area contributed by atoms with Gasteiger partial charge < -0.3 is 10.2 Å². The molecule has 3 atom stereocenters. The van der Waals surface area contributed by atoms with Crippen molar-refractivity contribution >= 4 is 11.6 Å². The third-order valence-electron chi connectivity index (χ3n) is 6.45. The molecule has 1 aliphatic heterocycles. The number of fused-ring (bicyclic) bond motifs is 1. The number of rotatable bonds is 3. The standard InChI is InChI=1S/C20H25F3N2O3/c1-4-18(2,3)13-7-10-16-15(11-13)19(28,20(21,22)23)25(24-16)17(27)12-5-8-14(26)9-6-12/h5-6,8-9,13,15,26,28H,4,7,10-11H2,1-3H3/t13-,15-,19-/m1/s1. The Labute approximate surface area is 161 Å². The minimum atomic E-state index is -5.06. The Bertz CT molecular complexity index is 789. The van der Waals surface area contributed by atoms with E-state index in [0.29, 0.717) is 12.8 Å². The van der Waals surface area contributed by atoms with Crippen LogP contribution in [0.1, 0.15) is 56.8 Å². The van der Waals surface area contributed by atoms with Gasteiger partial charge in [-0.15, -0.1) is 0 Å². The lowest BCUT2D eigenvalue weighted by Crippen LogP contribution is -2.62. The smallest absolute Gasteiger partial charge is 0.439 e. The molecule has 1 fully saturated rings. The van der Waals surface area contributed by atoms with Crippen LogP contribution >= 0.6 is 0 Å². The second-order valence-corrected chi connectivity index (χ2v) is 8.35. The molecule has 8 heteroatoms. The number of phenolic OH excluding ortho intramolecular Hbond substituents is 1. The number of hydrazone groups is 1. The van der Waals surface area contributed by atoms with Gasteiger partial charge in [0.15, 0.2) is 0 Å². The number of benzene rings is 1. The first-order valence-corrected chi connectivity index (χ1v) is 9.42. The summed E-state index contributed by atoms with van der Waals surface area (Å²) in [6.45, 7) is 6.02. The average molecular weight is 398 g/mol. The zero-order valence-electron chi connectivity index (χ0n) is 16.1. The first kappa shape index (κ1) is 20.6. The van der Waals surface area contributed by atoms with E-state index in [0.717, 1.165) is 6.42 Å². The first-order chi connectivity index (χ1) is 12.9. The first-order valence-electron chi connectivity index (χ1n) is 9.42. The van der Waals surface area contributed by atoms with E-state index in [1.54, 1.807) is 0 Å². The fourth-order valence-corrected chi connectivity index (χ4v) is 4.15. The monoisotopic (exact) mass is 398 g/mol. The largest absolute Gasteiger partial charge is 0.508 e. The highest BCUT2D eigenvalue weighted by molar-refractivity contribution is 5.99. The summed E-state index contributed by atoms with van der Waals surface area (Å²) in [7, 11) is 0. The van der Waals surface area contributed by atoms with E-state index in [-0.39, 0.29) is 39.8 Å². The molecular weight excluding hydrogens is 373 g/mol. The predicted molar refractivity (Wildman–Crippen MR) is 97.6 cm³/mol. The number of nitrogens with zero attached hydrogens (tertiary/aromatic N) is 2. The molecule has 0 unspecified atom stereocenters. The Kier molecular flexibility index (Phi) is 4.98. The van der Waals surface area contributed by atoms with Gasteiger partial charge in [0.1, 0.15) is 5.75 Å². The molecule has 1 saturated carbocycles. The van der Waals surface area contributed by atoms with Crippen molar-refractivity contribution in [1.29, 1.82) is 0 Å². The molecule has 1 amide bonds. The van der Waals surface area contributed by atoms with Crippen molar-refractivity contribution in [1.82, 2.24) is 5.01 Å². The molecule has 1 aromatic carbocycles. The molecule has 0 aromatic heterocycles. The van der Waals surface area contributed by atoms with Gasteiger partial charge in [-0.3, -0.25) is 4.79 Å². The highest BCUT2D eigenvalue weighted by atomic mass is 19.4. The van der Waals surface area contributed by atoms with E-state index in [1.807, 2.05) is 20.8 Å². The maximum absolute atomic E-state index is 14.1. The molecule has 28 heavy (non-hydrogen) atoms. The van der Waals surface area contributed by atoms with Crippen LogP contribution in [0.5, 0.6) is 5.75 Å². The van der Waals surface area contributed by atoms with Gasteiger partial charge in [-0.1, -0.05) is 27.2 Å². The number of hydrogen-bond donors (Lipinski definition) is 2. The van der Waals surface area contributed by atoms with Gasteiger partial charge in [0.25, 0.3) is 11.6 Å². The van der Waals surface area contributed by atoms with Crippen LogP contribution in [0.25, 0.3) is 0 Å². The number of carbonyl (C=O) groups is 1. The third-order valence-corrected chi connectivity index (χ3v) is 6.45. The van der Waals surface area contributed by atoms with E-state index < -0.39 is 23.7 Å². The van der Waals surface area contributed by atoms with Crippen molar-refractivity contribution in [2.75, 3.05) is 0 Å². The van der Waals surface area contributed by atoms with Gasteiger partial charge in [-0.05, 0) is 54.9 Å². The Morgan fingerprint density at radius 2 is 1.89 bits per heavy atom. The molecule has 0 bridgehead atoms. The van der Waals surface area contributed by atoms with Crippen LogP contribution in [0.2, 0.25) is 0 Å². The third kappa shape index (κ3) is 3.17. The lowest BCUT2D eigenvalue weighted by Gasteiger charge is -2.43. The van der Waals surface area contributed by atoms with Crippen molar-refractivity contribution in [3.8, 4) is 5.75 Å². The average Bonchev–Trinajstić information content (AvgIpc) is 2.95. The van der Waals surface area contributed by atoms with Gasteiger partial charge >= 0.3 is 6.18 Å². The van der Waals surface area contributed by atoms with Crippen molar-refractivity contribution in [3.63, 3.8) is 0 Å². The summed E-state index contributed by atoms with van der Waals surface area (Å²) in [6, 6.07) is 4.82. The van der Waals surface area contributed by atoms with Crippen LogP contribution in [-0.4, -0.2) is 38.7 Å². The van der Waals surface area contributed by atoms with Crippen molar-refractivity contribution in [2.45, 2.75) is 58.4 Å². The maximum Gasteiger partial charge on any atom is 0.439 e. The van der Waals surface area contributed by atoms with E-state index >= 15 is 0 Å². The Morgan fingerprint density at radius 3 is 2.43 bits per heavy atom. The number of aliphatic hydroxyl groups is 1. The lowest BCUT2D eigenvalue weighted by atomic mass is 9.64. The fourth-order valence-electron chi connectivity index (χ4n) is 4.15. The minimum absolute atomic E-state index is 0.0148. The fraction of sp³-hybridized carbons (Fsp3) is 0.600. The zero-order chi connectivity index (χ0) is 20.9. The number of phenols is 1. The SMILES string of the molecule is CCC(C)(C)[C@@H]1CCC2=NN(C(=O)c3ccc(O)cc3)[C@](O)(C(F)(F)F)[C@@H]2C1. The van der Waals surface area contributed by atoms with Crippen LogP contribution in [0.4, 0.5) is 13.2 Å². The summed E-state index contributed by atoms with van der Waals surface area (Å²) < 4.78 is 42.2. The Morgan fingerprint density at radius 1 is 1.29 bits per heavy atom. The number of halogens is 3. The van der Waals surface area contributed by atoms with Gasteiger partial charge in [0.05, 0.1) is 5.92 Å².